The van der Waals surface area contributed by atoms with E-state index in [-0.39, 0.29) is 17.5 Å². The maximum Gasteiger partial charge on any atom is 0.171 e. The second-order valence-electron chi connectivity index (χ2n) is 7.61. The molecule has 26 heavy (non-hydrogen) atoms. The molecule has 2 aliphatic rings. The van der Waals surface area contributed by atoms with Gasteiger partial charge in [-0.25, -0.2) is 0 Å². The van der Waals surface area contributed by atoms with Crippen molar-refractivity contribution in [3.63, 3.8) is 0 Å². The molecule has 1 heterocycles. The Hall–Kier alpha value is -2.17. The maximum absolute atomic E-state index is 12.8. The summed E-state index contributed by atoms with van der Waals surface area (Å²) < 4.78 is 0. The molecule has 0 saturated carbocycles. The number of hydrogen-bond donors (Lipinski definition) is 2. The van der Waals surface area contributed by atoms with E-state index in [9.17, 15) is 15.0 Å². The van der Waals surface area contributed by atoms with Crippen LogP contribution in [0, 0.1) is 5.92 Å². The molecule has 1 unspecified atom stereocenters. The molecule has 0 radical (unpaired) electrons. The number of nitrogens with zero attached hydrogens (tertiary/aromatic N) is 1. The topological polar surface area (TPSA) is 60.8 Å². The SMILES string of the molecule is O=C1c2c(O)cccc2CCC1CN1CCC(O)(c2ccccc2)CC1. The molecule has 4 rings (SSSR count). The van der Waals surface area contributed by atoms with E-state index in [2.05, 4.69) is 4.90 Å². The van der Waals surface area contributed by atoms with Gasteiger partial charge in [0, 0.05) is 25.6 Å². The predicted molar refractivity (Wildman–Crippen MR) is 100 cm³/mol. The minimum atomic E-state index is -0.765. The van der Waals surface area contributed by atoms with E-state index in [1.165, 1.54) is 0 Å². The van der Waals surface area contributed by atoms with Crippen LogP contribution in [-0.2, 0) is 12.0 Å². The lowest BCUT2D eigenvalue weighted by Crippen LogP contribution is -2.45. The van der Waals surface area contributed by atoms with Crippen LogP contribution in [0.25, 0.3) is 0 Å². The molecule has 4 nitrogen and oxygen atoms in total. The lowest BCUT2D eigenvalue weighted by Gasteiger charge is -2.40. The lowest BCUT2D eigenvalue weighted by molar-refractivity contribution is -0.0283. The van der Waals surface area contributed by atoms with Crippen molar-refractivity contribution in [1.29, 1.82) is 0 Å². The summed E-state index contributed by atoms with van der Waals surface area (Å²) in [6, 6.07) is 15.2. The molecule has 0 amide bonds. The molecule has 1 aliphatic heterocycles. The van der Waals surface area contributed by atoms with E-state index in [4.69, 9.17) is 0 Å². The summed E-state index contributed by atoms with van der Waals surface area (Å²) in [4.78, 5) is 15.1. The molecule has 4 heteroatoms. The summed E-state index contributed by atoms with van der Waals surface area (Å²) in [7, 11) is 0. The number of fused-ring (bicyclic) bond motifs is 1. The van der Waals surface area contributed by atoms with E-state index in [1.54, 1.807) is 12.1 Å². The Labute approximate surface area is 154 Å². The summed E-state index contributed by atoms with van der Waals surface area (Å²) in [6.45, 7) is 2.27. The van der Waals surface area contributed by atoms with Gasteiger partial charge in [-0.05, 0) is 42.9 Å². The number of likely N-dealkylation sites (tertiary alicyclic amines) is 1. The summed E-state index contributed by atoms with van der Waals surface area (Å²) in [5.41, 5.74) is 1.69. The second kappa shape index (κ2) is 6.86. The summed E-state index contributed by atoms with van der Waals surface area (Å²) in [5.74, 6) is 0.0984. The first-order valence-electron chi connectivity index (χ1n) is 9.42. The minimum absolute atomic E-state index is 0.0632. The van der Waals surface area contributed by atoms with Gasteiger partial charge < -0.3 is 15.1 Å². The fourth-order valence-electron chi connectivity index (χ4n) is 4.37. The quantitative estimate of drug-likeness (QED) is 0.892. The second-order valence-corrected chi connectivity index (χ2v) is 7.61. The highest BCUT2D eigenvalue weighted by molar-refractivity contribution is 6.02. The zero-order chi connectivity index (χ0) is 18.1. The summed E-state index contributed by atoms with van der Waals surface area (Å²) in [5, 5.41) is 21.0. The van der Waals surface area contributed by atoms with Gasteiger partial charge in [0.05, 0.1) is 11.2 Å². The number of aromatic hydroxyl groups is 1. The van der Waals surface area contributed by atoms with Gasteiger partial charge in [0.25, 0.3) is 0 Å². The van der Waals surface area contributed by atoms with Crippen LogP contribution >= 0.6 is 0 Å². The largest absolute Gasteiger partial charge is 0.507 e. The number of aliphatic hydroxyl groups is 1. The molecule has 0 bridgehead atoms. The van der Waals surface area contributed by atoms with Crippen LogP contribution in [-0.4, -0.2) is 40.5 Å². The van der Waals surface area contributed by atoms with Crippen molar-refractivity contribution in [3.05, 3.63) is 65.2 Å². The Morgan fingerprint density at radius 1 is 1.04 bits per heavy atom. The Morgan fingerprint density at radius 2 is 1.77 bits per heavy atom. The van der Waals surface area contributed by atoms with Crippen LogP contribution in [0.15, 0.2) is 48.5 Å². The van der Waals surface area contributed by atoms with Gasteiger partial charge in [-0.3, -0.25) is 4.79 Å². The number of carbonyl (C=O) groups is 1. The van der Waals surface area contributed by atoms with Crippen molar-refractivity contribution in [2.45, 2.75) is 31.3 Å². The first kappa shape index (κ1) is 17.3. The molecule has 136 valence electrons. The molecule has 2 aromatic rings. The Kier molecular flexibility index (Phi) is 4.55. The molecule has 2 aromatic carbocycles. The van der Waals surface area contributed by atoms with E-state index in [0.29, 0.717) is 24.9 Å². The van der Waals surface area contributed by atoms with Crippen LogP contribution in [0.2, 0.25) is 0 Å². The van der Waals surface area contributed by atoms with Crippen LogP contribution in [0.4, 0.5) is 0 Å². The molecule has 2 N–H and O–H groups in total. The van der Waals surface area contributed by atoms with Gasteiger partial charge in [-0.2, -0.15) is 0 Å². The number of aryl methyl sites for hydroxylation is 1. The van der Waals surface area contributed by atoms with Crippen molar-refractivity contribution in [2.75, 3.05) is 19.6 Å². The van der Waals surface area contributed by atoms with Gasteiger partial charge in [0.15, 0.2) is 5.78 Å². The lowest BCUT2D eigenvalue weighted by atomic mass is 9.80. The zero-order valence-corrected chi connectivity index (χ0v) is 14.9. The van der Waals surface area contributed by atoms with E-state index in [1.807, 2.05) is 36.4 Å². The number of hydrogen-bond acceptors (Lipinski definition) is 4. The average molecular weight is 351 g/mol. The predicted octanol–water partition coefficient (Wildman–Crippen LogP) is 3.12. The highest BCUT2D eigenvalue weighted by Gasteiger charge is 2.36. The van der Waals surface area contributed by atoms with Crippen molar-refractivity contribution < 1.29 is 15.0 Å². The van der Waals surface area contributed by atoms with Crippen LogP contribution in [0.5, 0.6) is 5.75 Å². The molecule has 0 aromatic heterocycles. The number of piperidine rings is 1. The average Bonchev–Trinajstić information content (AvgIpc) is 2.67. The van der Waals surface area contributed by atoms with Crippen LogP contribution < -0.4 is 0 Å². The van der Waals surface area contributed by atoms with Crippen molar-refractivity contribution in [3.8, 4) is 5.75 Å². The van der Waals surface area contributed by atoms with Gasteiger partial charge in [-0.15, -0.1) is 0 Å². The van der Waals surface area contributed by atoms with Crippen LogP contribution in [0.3, 0.4) is 0 Å². The molecule has 0 spiro atoms. The monoisotopic (exact) mass is 351 g/mol. The third kappa shape index (κ3) is 3.15. The first-order chi connectivity index (χ1) is 12.6. The highest BCUT2D eigenvalue weighted by atomic mass is 16.3. The Balaban J connectivity index is 1.41. The Bertz CT molecular complexity index is 794. The number of carbonyl (C=O) groups excluding carboxylic acids is 1. The number of phenolic OH excluding ortho intramolecular Hbond substituents is 1. The van der Waals surface area contributed by atoms with Gasteiger partial charge in [0.2, 0.25) is 0 Å². The third-order valence-corrected chi connectivity index (χ3v) is 5.98. The number of phenols is 1. The minimum Gasteiger partial charge on any atom is -0.507 e. The summed E-state index contributed by atoms with van der Waals surface area (Å²) in [6.07, 6.45) is 3.02. The van der Waals surface area contributed by atoms with Gasteiger partial charge in [0.1, 0.15) is 5.75 Å². The Morgan fingerprint density at radius 3 is 2.50 bits per heavy atom. The molecule has 1 aliphatic carbocycles. The molecule has 1 saturated heterocycles. The highest BCUT2D eigenvalue weighted by Crippen LogP contribution is 2.35. The number of Topliss-reactive ketones (excluding diaryl/α,β-unsaturated/α-hetero) is 1. The van der Waals surface area contributed by atoms with E-state index < -0.39 is 5.60 Å². The fraction of sp³-hybridized carbons (Fsp3) is 0.409. The maximum atomic E-state index is 12.8. The normalized spacial score (nSPS) is 22.8. The first-order valence-corrected chi connectivity index (χ1v) is 9.42. The van der Waals surface area contributed by atoms with Gasteiger partial charge in [-0.1, -0.05) is 42.5 Å². The zero-order valence-electron chi connectivity index (χ0n) is 14.9. The molecular formula is C22H25NO3. The molecule has 1 atom stereocenters. The van der Waals surface area contributed by atoms with Crippen molar-refractivity contribution in [1.82, 2.24) is 4.90 Å². The van der Waals surface area contributed by atoms with Gasteiger partial charge >= 0.3 is 0 Å². The third-order valence-electron chi connectivity index (χ3n) is 5.98. The number of rotatable bonds is 3. The van der Waals surface area contributed by atoms with E-state index in [0.717, 1.165) is 37.1 Å². The smallest absolute Gasteiger partial charge is 0.171 e. The fourth-order valence-corrected chi connectivity index (χ4v) is 4.37. The van der Waals surface area contributed by atoms with Crippen molar-refractivity contribution >= 4 is 5.78 Å². The molecular weight excluding hydrogens is 326 g/mol. The van der Waals surface area contributed by atoms with Crippen molar-refractivity contribution in [2.24, 2.45) is 5.92 Å². The summed E-state index contributed by atoms with van der Waals surface area (Å²) >= 11 is 0. The number of benzene rings is 2. The van der Waals surface area contributed by atoms with E-state index >= 15 is 0 Å². The molecule has 1 fully saturated rings. The standard InChI is InChI=1S/C22H25NO3/c24-19-8-4-5-16-9-10-17(21(25)20(16)19)15-23-13-11-22(26,12-14-23)18-6-2-1-3-7-18/h1-8,17,24,26H,9-15H2. The number of ketones is 1. The van der Waals surface area contributed by atoms with Crippen LogP contribution in [0.1, 0.15) is 40.7 Å².